The van der Waals surface area contributed by atoms with E-state index in [9.17, 15) is 53.4 Å². The summed E-state index contributed by atoms with van der Waals surface area (Å²) in [6, 6.07) is 20.2. The number of imide groups is 2. The van der Waals surface area contributed by atoms with Crippen LogP contribution in [0.2, 0.25) is 0 Å². The number of hydrogen-bond acceptors (Lipinski definition) is 15. The molecule has 0 radical (unpaired) electrons. The van der Waals surface area contributed by atoms with Gasteiger partial charge in [-0.05, 0) is 93.7 Å². The molecule has 6 heterocycles. The van der Waals surface area contributed by atoms with E-state index < -0.39 is 119 Å². The molecular formula is C61H84N10O12. The average Bonchev–Trinajstić information content (AvgIpc) is 1.79. The molecule has 0 aliphatic carbocycles. The first-order valence-corrected chi connectivity index (χ1v) is 28.7. The number of amides is 9. The van der Waals surface area contributed by atoms with E-state index in [1.165, 1.54) is 33.4 Å². The topological polar surface area (TPSA) is 313 Å². The maximum Gasteiger partial charge on any atom is 0.408 e. The molecule has 6 aliphatic heterocycles. The molecule has 6 saturated heterocycles. The minimum absolute atomic E-state index is 0. The van der Waals surface area contributed by atoms with Gasteiger partial charge in [0.2, 0.25) is 35.4 Å². The summed E-state index contributed by atoms with van der Waals surface area (Å²) in [4.78, 5) is 131. The molecule has 3 aromatic rings. The number of rotatable bonds is 15. The van der Waals surface area contributed by atoms with Gasteiger partial charge in [0.25, 0.3) is 11.8 Å². The largest absolute Gasteiger partial charge is 0.445 e. The fraction of sp³-hybridized carbons (Fsp3) is 0.557. The molecule has 450 valence electrons. The van der Waals surface area contributed by atoms with Crippen molar-refractivity contribution in [2.75, 3.05) is 26.2 Å². The van der Waals surface area contributed by atoms with Crippen molar-refractivity contribution in [3.8, 4) is 0 Å². The molecule has 0 bridgehead atoms. The summed E-state index contributed by atoms with van der Waals surface area (Å²) >= 11 is 0. The monoisotopic (exact) mass is 1150 g/mol. The Labute approximate surface area is 485 Å². The third kappa shape index (κ3) is 11.8. The molecule has 0 saturated carbocycles. The highest BCUT2D eigenvalue weighted by Crippen LogP contribution is 2.55. The lowest BCUT2D eigenvalue weighted by Crippen LogP contribution is -2.77. The van der Waals surface area contributed by atoms with Gasteiger partial charge in [-0.15, -0.1) is 0 Å². The Hall–Kier alpha value is -7.11. The van der Waals surface area contributed by atoms with E-state index in [-0.39, 0.29) is 44.9 Å². The Morgan fingerprint density at radius 1 is 0.554 bits per heavy atom. The van der Waals surface area contributed by atoms with Crippen LogP contribution in [0.15, 0.2) is 91.0 Å². The predicted molar refractivity (Wildman–Crippen MR) is 306 cm³/mol. The smallest absolute Gasteiger partial charge is 0.408 e. The number of β-lactam (4-membered cyclic amide) rings is 2. The first-order valence-electron chi connectivity index (χ1n) is 28.7. The van der Waals surface area contributed by atoms with Crippen LogP contribution in [-0.4, -0.2) is 179 Å². The van der Waals surface area contributed by atoms with Gasteiger partial charge in [0, 0.05) is 26.2 Å². The molecule has 9 rings (SSSR count). The number of carbonyl (C=O) groups excluding carboxylic acids is 9. The summed E-state index contributed by atoms with van der Waals surface area (Å²) in [6.45, 7) is 11.3. The van der Waals surface area contributed by atoms with E-state index in [1.807, 2.05) is 107 Å². The van der Waals surface area contributed by atoms with E-state index in [0.717, 1.165) is 16.7 Å². The van der Waals surface area contributed by atoms with Gasteiger partial charge in [0.05, 0.1) is 36.4 Å². The van der Waals surface area contributed by atoms with Gasteiger partial charge in [-0.25, -0.2) is 4.79 Å². The maximum absolute atomic E-state index is 14.4. The van der Waals surface area contributed by atoms with Crippen LogP contribution in [0.4, 0.5) is 4.79 Å². The van der Waals surface area contributed by atoms with Crippen molar-refractivity contribution < 1.29 is 58.1 Å². The molecule has 3 aromatic carbocycles. The number of nitrogens with zero attached hydrogens (tertiary/aromatic N) is 6. The highest BCUT2D eigenvalue weighted by atomic mass is 16.5. The Morgan fingerprint density at radius 2 is 0.952 bits per heavy atom. The zero-order valence-electron chi connectivity index (χ0n) is 47.7. The molecule has 22 heteroatoms. The van der Waals surface area contributed by atoms with Crippen LogP contribution in [-0.2, 0) is 49.7 Å². The van der Waals surface area contributed by atoms with Gasteiger partial charge in [0.15, 0.2) is 0 Å². The van der Waals surface area contributed by atoms with E-state index >= 15 is 0 Å². The van der Waals surface area contributed by atoms with Crippen molar-refractivity contribution >= 4 is 53.4 Å². The van der Waals surface area contributed by atoms with Crippen molar-refractivity contribution in [2.24, 2.45) is 29.0 Å². The summed E-state index contributed by atoms with van der Waals surface area (Å²) in [6.07, 6.45) is 0.699. The van der Waals surface area contributed by atoms with Crippen molar-refractivity contribution in [2.45, 2.75) is 179 Å². The van der Waals surface area contributed by atoms with Crippen LogP contribution < -0.4 is 22.5 Å². The number of ether oxygens (including phenoxy) is 1. The Balaban J connectivity index is 0.000000243. The second-order valence-corrected chi connectivity index (χ2v) is 23.3. The normalized spacial score (nSPS) is 25.9. The van der Waals surface area contributed by atoms with Crippen molar-refractivity contribution in [1.82, 2.24) is 34.7 Å². The highest BCUT2D eigenvalue weighted by molar-refractivity contribution is 6.12. The lowest BCUT2D eigenvalue weighted by Gasteiger charge is -2.57. The zero-order valence-corrected chi connectivity index (χ0v) is 47.7. The van der Waals surface area contributed by atoms with Crippen molar-refractivity contribution in [3.05, 3.63) is 108 Å². The molecule has 83 heavy (non-hydrogen) atoms. The quantitative estimate of drug-likeness (QED) is 0.119. The van der Waals surface area contributed by atoms with Crippen LogP contribution in [0, 0.1) is 11.8 Å². The van der Waals surface area contributed by atoms with E-state index in [0.29, 0.717) is 64.5 Å². The zero-order chi connectivity index (χ0) is 59.5. The second-order valence-electron chi connectivity index (χ2n) is 23.3. The number of likely N-dealkylation sites (tertiary alicyclic amines) is 6. The Morgan fingerprint density at radius 3 is 1.34 bits per heavy atom. The number of nitrogens with one attached hydrogen (secondary N) is 1. The fourth-order valence-electron chi connectivity index (χ4n) is 12.7. The molecule has 12 unspecified atom stereocenters. The van der Waals surface area contributed by atoms with Crippen LogP contribution in [0.1, 0.15) is 129 Å². The fourth-order valence-corrected chi connectivity index (χ4v) is 12.7. The van der Waals surface area contributed by atoms with Gasteiger partial charge in [-0.3, -0.25) is 48.2 Å². The van der Waals surface area contributed by atoms with Crippen LogP contribution >= 0.6 is 0 Å². The third-order valence-electron chi connectivity index (χ3n) is 17.4. The SMILES string of the molecule is C.CC(C)C(N)C(=O)N1C(=O)C2(CCCN2C(=O)C2CCCN2C(=O)C(N)C(C)O)C1c1ccccc1.CC(C)C(N)C(=O)N1C(=O)C2(CCCN2C(=O)C2CCCN2C(=O)C(NC(=O)OCc2ccccc2)C(C)O)C1c1ccccc1. The molecule has 2 spiro atoms. The molecular weight excluding hydrogens is 1060 g/mol. The molecule has 6 aliphatic rings. The number of aliphatic hydroxyl groups is 2. The third-order valence-corrected chi connectivity index (χ3v) is 17.4. The average molecular weight is 1150 g/mol. The van der Waals surface area contributed by atoms with E-state index in [1.54, 1.807) is 21.9 Å². The summed E-state index contributed by atoms with van der Waals surface area (Å²) < 4.78 is 5.27. The summed E-state index contributed by atoms with van der Waals surface area (Å²) in [5.41, 5.74) is 18.0. The summed E-state index contributed by atoms with van der Waals surface area (Å²) in [5.74, 6) is -3.97. The van der Waals surface area contributed by atoms with Gasteiger partial charge in [0.1, 0.15) is 41.9 Å². The molecule has 6 fully saturated rings. The number of benzene rings is 3. The van der Waals surface area contributed by atoms with Crippen LogP contribution in [0.3, 0.4) is 0 Å². The Bertz CT molecular complexity index is 2860. The van der Waals surface area contributed by atoms with Crippen molar-refractivity contribution in [3.63, 3.8) is 0 Å². The standard InChI is InChI=1S/C34H43N5O7.C26H37N5O5.CH4/c1-21(2)26(35)30(42)39-28(24-14-8-5-9-15-24)34(32(39)44)17-11-19-38(34)29(41)25-16-10-18-37(25)31(43)27(22(3)40)36-33(45)46-20-23-12-6-4-7-13-23;1-15(2)19(27)24(35)31-21(17-9-5-4-6-10-17)26(25(31)36)12-8-14-30(26)22(33)18-11-7-13-29(18)23(34)20(28)16(3)32;/h4-9,12-15,21-22,25-28,40H,10-11,16-20,35H2,1-3H3,(H,36,45);4-6,9-10,15-16,18-21,32H,7-8,11-14,27-28H2,1-3H3;1H4. The maximum atomic E-state index is 14.4. The van der Waals surface area contributed by atoms with E-state index in [2.05, 4.69) is 5.32 Å². The minimum atomic E-state index is -1.35. The van der Waals surface area contributed by atoms with Gasteiger partial charge < -0.3 is 57.1 Å². The number of alkyl carbamates (subject to hydrolysis) is 1. The lowest BCUT2D eigenvalue weighted by molar-refractivity contribution is -0.187. The molecule has 12 atom stereocenters. The Kier molecular flexibility index (Phi) is 20.0. The van der Waals surface area contributed by atoms with Gasteiger partial charge in [-0.1, -0.05) is 126 Å². The molecule has 9 amide bonds. The minimum Gasteiger partial charge on any atom is -0.445 e. The number of nitrogens with two attached hydrogens (primary N) is 3. The molecule has 0 aromatic heterocycles. The number of carbonyl (C=O) groups is 9. The summed E-state index contributed by atoms with van der Waals surface area (Å²) in [7, 11) is 0. The molecule has 22 nitrogen and oxygen atoms in total. The molecule has 9 N–H and O–H groups in total. The van der Waals surface area contributed by atoms with Crippen LogP contribution in [0.5, 0.6) is 0 Å². The van der Waals surface area contributed by atoms with Gasteiger partial charge in [-0.2, -0.15) is 0 Å². The van der Waals surface area contributed by atoms with Crippen LogP contribution in [0.25, 0.3) is 0 Å². The van der Waals surface area contributed by atoms with Crippen molar-refractivity contribution in [1.29, 1.82) is 0 Å². The lowest BCUT2D eigenvalue weighted by atomic mass is 9.72. The first-order chi connectivity index (χ1) is 39.0. The second kappa shape index (κ2) is 26.2. The number of hydrogen-bond donors (Lipinski definition) is 6. The van der Waals surface area contributed by atoms with Gasteiger partial charge >= 0.3 is 6.09 Å². The first kappa shape index (κ1) is 63.5. The summed E-state index contributed by atoms with van der Waals surface area (Å²) in [5, 5.41) is 22.8. The highest BCUT2D eigenvalue weighted by Gasteiger charge is 2.71. The number of aliphatic hydroxyl groups excluding tert-OH is 2. The predicted octanol–water partition coefficient (Wildman–Crippen LogP) is 2.88. The van der Waals surface area contributed by atoms with E-state index in [4.69, 9.17) is 21.9 Å².